The Kier molecular flexibility index (Phi) is 19.2. The van der Waals surface area contributed by atoms with Crippen molar-refractivity contribution in [1.82, 2.24) is 14.7 Å². The van der Waals surface area contributed by atoms with Gasteiger partial charge in [0.25, 0.3) is 0 Å². The van der Waals surface area contributed by atoms with Crippen molar-refractivity contribution in [2.24, 2.45) is 0 Å². The van der Waals surface area contributed by atoms with Crippen LogP contribution in [0.15, 0.2) is 24.3 Å². The molecule has 1 rings (SSSR count). The monoisotopic (exact) mass is 711 g/mol. The van der Waals surface area contributed by atoms with E-state index in [2.05, 4.69) is 0 Å². The van der Waals surface area contributed by atoms with Gasteiger partial charge in [-0.3, -0.25) is 19.5 Å². The summed E-state index contributed by atoms with van der Waals surface area (Å²) in [7, 11) is 0. The number of ether oxygens (including phenoxy) is 2. The quantitative estimate of drug-likeness (QED) is 0.118. The third-order valence-corrected chi connectivity index (χ3v) is 5.30. The Bertz CT molecular complexity index is 964. The van der Waals surface area contributed by atoms with Crippen LogP contribution in [0.25, 0.3) is 0 Å². The van der Waals surface area contributed by atoms with Crippen LogP contribution in [0.5, 0.6) is 5.75 Å². The molecule has 0 amide bonds. The molecule has 0 fully saturated rings. The normalized spacial score (nSPS) is 11.7. The molecule has 40 heavy (non-hydrogen) atoms. The standard InChI is InChI=1S/C24H35N3O12.Gd/c1-2-39-18-5-3-4-17(10-18)15-38-16-19(24(36)37)27(14-23(34)35)9-8-25(11-20(28)29)6-7-26(12-21(30)31)13-22(32)33;/h3-5,10,19H,2,6-9,11-16H2,1H3,(H,28,29)(H,30,31)(H,32,33)(H,34,35)(H,36,37);/q;+3/p-4. The van der Waals surface area contributed by atoms with Gasteiger partial charge in [-0.05, 0) is 24.6 Å². The first-order valence-corrected chi connectivity index (χ1v) is 11.9. The summed E-state index contributed by atoms with van der Waals surface area (Å²) < 4.78 is 10.9. The zero-order chi connectivity index (χ0) is 29.4. The summed E-state index contributed by atoms with van der Waals surface area (Å²) in [4.78, 5) is 59.4. The molecule has 223 valence electrons. The Labute approximate surface area is 262 Å². The molecular formula is C24H31GdN3O12-. The minimum Gasteiger partial charge on any atom is -0.549 e. The molecule has 0 aliphatic rings. The second kappa shape index (κ2) is 20.4. The molecule has 1 aromatic carbocycles. The molecule has 1 N–H and O–H groups in total. The summed E-state index contributed by atoms with van der Waals surface area (Å²) in [6.45, 7) is -1.94. The maximum Gasteiger partial charge on any atom is 3.00 e. The van der Waals surface area contributed by atoms with E-state index in [0.29, 0.717) is 17.9 Å². The molecule has 15 nitrogen and oxygen atoms in total. The van der Waals surface area contributed by atoms with E-state index >= 15 is 0 Å². The first-order valence-electron chi connectivity index (χ1n) is 11.9. The molecule has 16 heteroatoms. The van der Waals surface area contributed by atoms with Crippen LogP contribution in [0.1, 0.15) is 12.5 Å². The van der Waals surface area contributed by atoms with Crippen molar-refractivity contribution in [2.75, 3.05) is 65.6 Å². The number of benzene rings is 1. The van der Waals surface area contributed by atoms with Crippen molar-refractivity contribution in [3.05, 3.63) is 29.8 Å². The summed E-state index contributed by atoms with van der Waals surface area (Å²) >= 11 is 0. The van der Waals surface area contributed by atoms with Gasteiger partial charge in [0.2, 0.25) is 0 Å². The van der Waals surface area contributed by atoms with E-state index in [1.807, 2.05) is 6.92 Å². The second-order valence-corrected chi connectivity index (χ2v) is 8.40. The fourth-order valence-electron chi connectivity index (χ4n) is 3.61. The van der Waals surface area contributed by atoms with Gasteiger partial charge in [0, 0.05) is 45.8 Å². The number of aliphatic carboxylic acids is 5. The number of carboxylic acid groups (broad SMARTS) is 5. The number of nitrogens with zero attached hydrogens (tertiary/aromatic N) is 3. The van der Waals surface area contributed by atoms with Gasteiger partial charge >= 0.3 is 45.9 Å². The molecule has 0 aliphatic carbocycles. The number of hydrogen-bond donors (Lipinski definition) is 1. The van der Waals surface area contributed by atoms with Crippen LogP contribution in [0, 0.1) is 39.9 Å². The van der Waals surface area contributed by atoms with Crippen molar-refractivity contribution >= 4 is 29.8 Å². The van der Waals surface area contributed by atoms with Crippen LogP contribution in [-0.2, 0) is 35.3 Å². The van der Waals surface area contributed by atoms with Crippen molar-refractivity contribution in [3.8, 4) is 5.75 Å². The third-order valence-electron chi connectivity index (χ3n) is 5.30. The summed E-state index contributed by atoms with van der Waals surface area (Å²) in [5, 5.41) is 54.1. The maximum absolute atomic E-state index is 11.9. The number of carbonyl (C=O) groups excluding carboxylic acids is 4. The largest absolute Gasteiger partial charge is 3.00 e. The van der Waals surface area contributed by atoms with Crippen LogP contribution < -0.4 is 25.2 Å². The average Bonchev–Trinajstić information content (AvgIpc) is 2.81. The topological polar surface area (TPSA) is 226 Å². The van der Waals surface area contributed by atoms with Crippen LogP contribution in [-0.4, -0.2) is 121 Å². The Morgan fingerprint density at radius 3 is 1.93 bits per heavy atom. The molecular weight excluding hydrogens is 680 g/mol. The van der Waals surface area contributed by atoms with Crippen molar-refractivity contribution in [1.29, 1.82) is 0 Å². The summed E-state index contributed by atoms with van der Waals surface area (Å²) in [5.41, 5.74) is 0.681. The fraction of sp³-hybridized carbons (Fsp3) is 0.542. The van der Waals surface area contributed by atoms with Gasteiger partial charge in [0.15, 0.2) is 0 Å². The average molecular weight is 711 g/mol. The van der Waals surface area contributed by atoms with Crippen LogP contribution in [0.2, 0.25) is 0 Å². The number of rotatable bonds is 22. The van der Waals surface area contributed by atoms with Crippen molar-refractivity contribution in [3.63, 3.8) is 0 Å². The third kappa shape index (κ3) is 16.6. The molecule has 0 aromatic heterocycles. The molecule has 0 saturated heterocycles. The fourth-order valence-corrected chi connectivity index (χ4v) is 3.61. The van der Waals surface area contributed by atoms with E-state index in [-0.39, 0.29) is 72.7 Å². The van der Waals surface area contributed by atoms with E-state index in [1.165, 1.54) is 4.90 Å². The molecule has 0 saturated carbocycles. The van der Waals surface area contributed by atoms with Crippen molar-refractivity contribution < 1.29 is 98.9 Å². The van der Waals surface area contributed by atoms with Gasteiger partial charge in [-0.2, -0.15) is 0 Å². The molecule has 1 radical (unpaired) electrons. The van der Waals surface area contributed by atoms with Crippen molar-refractivity contribution in [2.45, 2.75) is 19.6 Å². The van der Waals surface area contributed by atoms with E-state index in [9.17, 15) is 49.5 Å². The number of carbonyl (C=O) groups is 5. The molecule has 0 bridgehead atoms. The Morgan fingerprint density at radius 2 is 1.40 bits per heavy atom. The summed E-state index contributed by atoms with van der Waals surface area (Å²) in [6.07, 6.45) is 0. The predicted molar refractivity (Wildman–Crippen MR) is 123 cm³/mol. The zero-order valence-electron chi connectivity index (χ0n) is 21.8. The van der Waals surface area contributed by atoms with Gasteiger partial charge in [0.05, 0.1) is 56.3 Å². The predicted octanol–water partition coefficient (Wildman–Crippen LogP) is -6.04. The Morgan fingerprint density at radius 1 is 0.850 bits per heavy atom. The first-order chi connectivity index (χ1) is 18.4. The van der Waals surface area contributed by atoms with Gasteiger partial charge in [-0.25, -0.2) is 0 Å². The number of hydrogen-bond acceptors (Lipinski definition) is 14. The second-order valence-electron chi connectivity index (χ2n) is 8.40. The number of carboxylic acids is 5. The maximum atomic E-state index is 11.9. The smallest absolute Gasteiger partial charge is 0.549 e. The van der Waals surface area contributed by atoms with Crippen LogP contribution >= 0.6 is 0 Å². The molecule has 0 heterocycles. The summed E-state index contributed by atoms with van der Waals surface area (Å²) in [6, 6.07) is 5.39. The molecule has 1 atom stereocenters. The molecule has 0 spiro atoms. The molecule has 0 aliphatic heterocycles. The van der Waals surface area contributed by atoms with Gasteiger partial charge in [-0.1, -0.05) is 12.1 Å². The summed E-state index contributed by atoms with van der Waals surface area (Å²) in [5.74, 6) is -7.01. The van der Waals surface area contributed by atoms with Gasteiger partial charge < -0.3 is 54.2 Å². The minimum atomic E-state index is -1.61. The van der Waals surface area contributed by atoms with E-state index in [0.717, 1.165) is 9.80 Å². The Balaban J connectivity index is 0.0000152. The van der Waals surface area contributed by atoms with E-state index in [1.54, 1.807) is 24.3 Å². The minimum absolute atomic E-state index is 0. The van der Waals surface area contributed by atoms with Crippen LogP contribution in [0.3, 0.4) is 0 Å². The van der Waals surface area contributed by atoms with Crippen LogP contribution in [0.4, 0.5) is 0 Å². The first kappa shape index (κ1) is 37.5. The SMILES string of the molecule is CCOc1cccc(COCC(C(=O)[O-])N(CCN(CCN(CC(=O)[O-])CC(=O)[O-])CC(=O)[O-])CC(=O)O)c1.[Gd+3]. The van der Waals surface area contributed by atoms with E-state index < -0.39 is 68.7 Å². The Hall–Kier alpha value is -2.47. The molecule has 1 aromatic rings. The van der Waals surface area contributed by atoms with E-state index in [4.69, 9.17) is 9.47 Å². The zero-order valence-corrected chi connectivity index (χ0v) is 24.1. The van der Waals surface area contributed by atoms with Gasteiger partial charge in [-0.15, -0.1) is 0 Å². The molecule has 1 unspecified atom stereocenters. The van der Waals surface area contributed by atoms with Gasteiger partial charge in [0.1, 0.15) is 5.75 Å².